The van der Waals surface area contributed by atoms with Gasteiger partial charge in [0.05, 0.1) is 10.6 Å². The highest BCUT2D eigenvalue weighted by Crippen LogP contribution is 2.38. The number of amides is 2. The summed E-state index contributed by atoms with van der Waals surface area (Å²) in [6.45, 7) is 0. The van der Waals surface area contributed by atoms with E-state index in [1.807, 2.05) is 0 Å². The average Bonchev–Trinajstić information content (AvgIpc) is 3.29. The van der Waals surface area contributed by atoms with Gasteiger partial charge in [-0.1, -0.05) is 21.9 Å². The molecule has 1 aromatic carbocycles. The first-order valence-corrected chi connectivity index (χ1v) is 7.74. The predicted octanol–water partition coefficient (Wildman–Crippen LogP) is 1.65. The molecule has 3 rings (SSSR count). The summed E-state index contributed by atoms with van der Waals surface area (Å²) in [6, 6.07) is 1.77. The fraction of sp³-hybridized carbons (Fsp3) is 0.154. The number of hydrogen-bond donors (Lipinski definition) is 2. The van der Waals surface area contributed by atoms with Gasteiger partial charge in [-0.2, -0.15) is 0 Å². The molecule has 2 aromatic heterocycles. The highest BCUT2D eigenvalue weighted by molar-refractivity contribution is 6.38. The molecular formula is C13H8ClF3N8O4. The molecule has 29 heavy (non-hydrogen) atoms. The third-order valence-corrected chi connectivity index (χ3v) is 3.64. The van der Waals surface area contributed by atoms with E-state index in [0.717, 1.165) is 23.0 Å². The number of carbonyl (C=O) groups is 2. The molecule has 0 aliphatic heterocycles. The molecule has 0 saturated heterocycles. The summed E-state index contributed by atoms with van der Waals surface area (Å²) in [4.78, 5) is 24.6. The molecule has 2 N–H and O–H groups in total. The molecule has 0 radical (unpaired) electrons. The molecule has 16 heteroatoms. The second kappa shape index (κ2) is 7.70. The van der Waals surface area contributed by atoms with Crippen LogP contribution in [-0.4, -0.2) is 48.7 Å². The third kappa shape index (κ3) is 4.57. The summed E-state index contributed by atoms with van der Waals surface area (Å²) in [5, 5.41) is 20.7. The quantitative estimate of drug-likeness (QED) is 0.613. The number of anilines is 2. The Hall–Kier alpha value is -3.75. The fourth-order valence-corrected chi connectivity index (χ4v) is 2.30. The number of alkyl halides is 3. The molecule has 0 bridgehead atoms. The number of hydrogen-bond acceptors (Lipinski definition) is 9. The lowest BCUT2D eigenvalue weighted by atomic mass is 10.1. The molecule has 2 amide bonds. The Bertz CT molecular complexity index is 1050. The zero-order chi connectivity index (χ0) is 21.2. The van der Waals surface area contributed by atoms with E-state index in [4.69, 9.17) is 11.6 Å². The van der Waals surface area contributed by atoms with Gasteiger partial charge in [0.2, 0.25) is 5.95 Å². The molecule has 2 heterocycles. The van der Waals surface area contributed by atoms with E-state index < -0.39 is 34.6 Å². The molecule has 0 fully saturated rings. The van der Waals surface area contributed by atoms with Crippen LogP contribution in [0.15, 0.2) is 23.0 Å². The van der Waals surface area contributed by atoms with Crippen molar-refractivity contribution in [2.45, 2.75) is 6.36 Å². The van der Waals surface area contributed by atoms with Crippen LogP contribution in [-0.2, 0) is 7.05 Å². The molecule has 0 aliphatic carbocycles. The van der Waals surface area contributed by atoms with Crippen molar-refractivity contribution < 1.29 is 32.1 Å². The van der Waals surface area contributed by atoms with Gasteiger partial charge in [-0.05, 0) is 27.7 Å². The van der Waals surface area contributed by atoms with E-state index >= 15 is 0 Å². The van der Waals surface area contributed by atoms with Gasteiger partial charge in [-0.15, -0.1) is 13.2 Å². The normalized spacial score (nSPS) is 11.2. The van der Waals surface area contributed by atoms with Crippen LogP contribution in [0.5, 0.6) is 5.75 Å². The van der Waals surface area contributed by atoms with E-state index in [1.165, 1.54) is 7.05 Å². The molecule has 0 saturated carbocycles. The van der Waals surface area contributed by atoms with Crippen LogP contribution in [0.25, 0.3) is 0 Å². The minimum Gasteiger partial charge on any atom is -0.404 e. The standard InChI is InChI=1S/C13H8ClF3N8O4/c1-25-12(21-23-24-25)20-10(26)5-2-3-7(28-13(15,16)17)9(8(5)14)19-11(27)6-4-18-29-22-6/h2-4H,1H3,(H,19,27)(H,20,21,24,26). The number of aryl methyl sites for hydroxylation is 1. The number of aromatic nitrogens is 6. The average molecular weight is 433 g/mol. The molecular weight excluding hydrogens is 425 g/mol. The fourth-order valence-electron chi connectivity index (χ4n) is 2.01. The number of nitrogens with one attached hydrogen (secondary N) is 2. The maximum absolute atomic E-state index is 12.7. The van der Waals surface area contributed by atoms with Crippen LogP contribution in [0.1, 0.15) is 20.8 Å². The molecule has 12 nitrogen and oxygen atoms in total. The summed E-state index contributed by atoms with van der Waals surface area (Å²) < 4.78 is 47.4. The first-order chi connectivity index (χ1) is 13.7. The van der Waals surface area contributed by atoms with Crippen LogP contribution in [0.4, 0.5) is 24.8 Å². The Morgan fingerprint density at radius 1 is 1.24 bits per heavy atom. The number of rotatable bonds is 5. The minimum atomic E-state index is -5.09. The largest absolute Gasteiger partial charge is 0.573 e. The van der Waals surface area contributed by atoms with Crippen molar-refractivity contribution in [2.75, 3.05) is 10.6 Å². The van der Waals surface area contributed by atoms with Crippen molar-refractivity contribution in [3.63, 3.8) is 0 Å². The van der Waals surface area contributed by atoms with Gasteiger partial charge in [-0.3, -0.25) is 14.9 Å². The van der Waals surface area contributed by atoms with E-state index in [-0.39, 0.29) is 17.2 Å². The number of tetrazole rings is 1. The molecule has 0 unspecified atom stereocenters. The van der Waals surface area contributed by atoms with Crippen molar-refractivity contribution >= 4 is 35.1 Å². The highest BCUT2D eigenvalue weighted by Gasteiger charge is 2.34. The number of ether oxygens (including phenoxy) is 1. The number of carbonyl (C=O) groups excluding carboxylic acids is 2. The Morgan fingerprint density at radius 2 is 2.00 bits per heavy atom. The number of nitrogens with zero attached hydrogens (tertiary/aromatic N) is 6. The zero-order valence-corrected chi connectivity index (χ0v) is 14.8. The van der Waals surface area contributed by atoms with Crippen molar-refractivity contribution in [3.05, 3.63) is 34.6 Å². The monoisotopic (exact) mass is 432 g/mol. The lowest BCUT2D eigenvalue weighted by molar-refractivity contribution is -0.274. The van der Waals surface area contributed by atoms with E-state index in [2.05, 4.69) is 45.8 Å². The van der Waals surface area contributed by atoms with Gasteiger partial charge < -0.3 is 10.1 Å². The van der Waals surface area contributed by atoms with Gasteiger partial charge >= 0.3 is 6.36 Å². The summed E-state index contributed by atoms with van der Waals surface area (Å²) in [5.74, 6) is -2.77. The van der Waals surface area contributed by atoms with Gasteiger partial charge in [0.25, 0.3) is 11.8 Å². The maximum Gasteiger partial charge on any atom is 0.573 e. The van der Waals surface area contributed by atoms with Gasteiger partial charge in [-0.25, -0.2) is 9.31 Å². The summed E-state index contributed by atoms with van der Waals surface area (Å²) >= 11 is 6.08. The van der Waals surface area contributed by atoms with E-state index in [9.17, 15) is 22.8 Å². The minimum absolute atomic E-state index is 0.0547. The first-order valence-electron chi connectivity index (χ1n) is 7.36. The van der Waals surface area contributed by atoms with E-state index in [0.29, 0.717) is 0 Å². The lowest BCUT2D eigenvalue weighted by Gasteiger charge is -2.16. The van der Waals surface area contributed by atoms with Crippen molar-refractivity contribution in [3.8, 4) is 5.75 Å². The Morgan fingerprint density at radius 3 is 2.59 bits per heavy atom. The summed E-state index contributed by atoms with van der Waals surface area (Å²) in [5.41, 5.74) is -1.27. The van der Waals surface area contributed by atoms with Crippen molar-refractivity contribution in [1.29, 1.82) is 0 Å². The Labute approximate surface area is 162 Å². The number of benzene rings is 1. The van der Waals surface area contributed by atoms with Crippen LogP contribution in [0.3, 0.4) is 0 Å². The number of halogens is 4. The molecule has 0 atom stereocenters. The van der Waals surface area contributed by atoms with Gasteiger partial charge in [0.1, 0.15) is 11.9 Å². The molecule has 0 aliphatic rings. The third-order valence-electron chi connectivity index (χ3n) is 3.25. The molecule has 3 aromatic rings. The summed E-state index contributed by atoms with van der Waals surface area (Å²) in [7, 11) is 1.44. The Balaban J connectivity index is 1.97. The van der Waals surface area contributed by atoms with Crippen molar-refractivity contribution in [2.24, 2.45) is 7.05 Å². The first kappa shape index (κ1) is 20.0. The second-order valence-electron chi connectivity index (χ2n) is 5.18. The Kier molecular flexibility index (Phi) is 5.31. The topological polar surface area (TPSA) is 150 Å². The van der Waals surface area contributed by atoms with Crippen LogP contribution in [0.2, 0.25) is 5.02 Å². The maximum atomic E-state index is 12.7. The van der Waals surface area contributed by atoms with Crippen molar-refractivity contribution in [1.82, 2.24) is 30.5 Å². The van der Waals surface area contributed by atoms with Gasteiger partial charge in [0, 0.05) is 7.05 Å². The smallest absolute Gasteiger partial charge is 0.404 e. The van der Waals surface area contributed by atoms with Crippen LogP contribution >= 0.6 is 11.6 Å². The van der Waals surface area contributed by atoms with Gasteiger partial charge in [0.15, 0.2) is 11.4 Å². The second-order valence-corrected chi connectivity index (χ2v) is 5.55. The van der Waals surface area contributed by atoms with Crippen LogP contribution in [0, 0.1) is 0 Å². The molecule has 152 valence electrons. The predicted molar refractivity (Wildman–Crippen MR) is 87.1 cm³/mol. The lowest BCUT2D eigenvalue weighted by Crippen LogP contribution is -2.21. The summed E-state index contributed by atoms with van der Waals surface area (Å²) in [6.07, 6.45) is -4.17. The highest BCUT2D eigenvalue weighted by atomic mass is 35.5. The zero-order valence-electron chi connectivity index (χ0n) is 14.1. The van der Waals surface area contributed by atoms with Crippen LogP contribution < -0.4 is 15.4 Å². The van der Waals surface area contributed by atoms with E-state index in [1.54, 1.807) is 0 Å². The molecule has 0 spiro atoms. The SMILES string of the molecule is Cn1nnnc1NC(=O)c1ccc(OC(F)(F)F)c(NC(=O)c2cnon2)c1Cl.